The first kappa shape index (κ1) is 15.0. The maximum atomic E-state index is 3.69. The first-order valence-electron chi connectivity index (χ1n) is 7.48. The molecule has 0 aromatic heterocycles. The van der Waals surface area contributed by atoms with Crippen molar-refractivity contribution in [2.75, 3.05) is 13.1 Å². The zero-order valence-corrected chi connectivity index (χ0v) is 12.6. The minimum absolute atomic E-state index is 0.243. The van der Waals surface area contributed by atoms with Crippen molar-refractivity contribution in [1.29, 1.82) is 0 Å². The molecule has 0 spiro atoms. The zero-order valence-electron chi connectivity index (χ0n) is 12.6. The Labute approximate surface area is 108 Å². The molecule has 0 aromatic carbocycles. The Bertz CT molecular complexity index is 207. The molecular weight excluding hydrogens is 208 g/mol. The van der Waals surface area contributed by atoms with Crippen molar-refractivity contribution in [2.24, 2.45) is 0 Å². The van der Waals surface area contributed by atoms with Crippen LogP contribution in [0.2, 0.25) is 0 Å². The fraction of sp³-hybridized carbons (Fsp3) is 1.00. The van der Waals surface area contributed by atoms with Gasteiger partial charge in [0.1, 0.15) is 0 Å². The Morgan fingerprint density at radius 3 is 2.53 bits per heavy atom. The standard InChI is InChI=1S/C15H32N2/c1-6-9-14(12-16-15(3,4)5)17-11-8-10-13(17)7-2/h13-14,16H,6-12H2,1-5H3. The van der Waals surface area contributed by atoms with Crippen LogP contribution in [0.1, 0.15) is 66.7 Å². The molecule has 2 heteroatoms. The van der Waals surface area contributed by atoms with E-state index in [1.54, 1.807) is 0 Å². The quantitative estimate of drug-likeness (QED) is 0.765. The van der Waals surface area contributed by atoms with E-state index < -0.39 is 0 Å². The molecular formula is C15H32N2. The second-order valence-electron chi connectivity index (χ2n) is 6.52. The summed E-state index contributed by atoms with van der Waals surface area (Å²) >= 11 is 0. The summed E-state index contributed by atoms with van der Waals surface area (Å²) in [6.07, 6.45) is 6.75. The van der Waals surface area contributed by atoms with Crippen molar-refractivity contribution < 1.29 is 0 Å². The molecule has 1 aliphatic rings. The SMILES string of the molecule is CCCC(CNC(C)(C)C)N1CCCC1CC. The highest BCUT2D eigenvalue weighted by Gasteiger charge is 2.29. The average Bonchev–Trinajstić information content (AvgIpc) is 2.70. The van der Waals surface area contributed by atoms with E-state index in [2.05, 4.69) is 44.8 Å². The highest BCUT2D eigenvalue weighted by molar-refractivity contribution is 4.86. The number of nitrogens with one attached hydrogen (secondary N) is 1. The van der Waals surface area contributed by atoms with Crippen LogP contribution in [0, 0.1) is 0 Å². The molecule has 0 aliphatic carbocycles. The summed E-state index contributed by atoms with van der Waals surface area (Å²) in [5.41, 5.74) is 0.243. The lowest BCUT2D eigenvalue weighted by Crippen LogP contribution is -2.49. The summed E-state index contributed by atoms with van der Waals surface area (Å²) in [6, 6.07) is 1.58. The summed E-state index contributed by atoms with van der Waals surface area (Å²) in [5.74, 6) is 0. The molecule has 17 heavy (non-hydrogen) atoms. The van der Waals surface area contributed by atoms with Gasteiger partial charge in [0, 0.05) is 24.2 Å². The Kier molecular flexibility index (Phi) is 5.94. The van der Waals surface area contributed by atoms with Gasteiger partial charge in [0.05, 0.1) is 0 Å². The Hall–Kier alpha value is -0.0800. The second-order valence-corrected chi connectivity index (χ2v) is 6.52. The van der Waals surface area contributed by atoms with Gasteiger partial charge in [-0.1, -0.05) is 20.3 Å². The van der Waals surface area contributed by atoms with Gasteiger partial charge < -0.3 is 5.32 Å². The molecule has 0 radical (unpaired) electrons. The van der Waals surface area contributed by atoms with Crippen LogP contribution in [0.3, 0.4) is 0 Å². The van der Waals surface area contributed by atoms with Gasteiger partial charge in [-0.15, -0.1) is 0 Å². The summed E-state index contributed by atoms with van der Waals surface area (Å²) in [4.78, 5) is 2.77. The Balaban J connectivity index is 2.52. The van der Waals surface area contributed by atoms with Crippen molar-refractivity contribution in [3.05, 3.63) is 0 Å². The predicted octanol–water partition coefficient (Wildman–Crippen LogP) is 3.42. The number of rotatable bonds is 6. The third-order valence-corrected chi connectivity index (χ3v) is 3.85. The largest absolute Gasteiger partial charge is 0.311 e. The Morgan fingerprint density at radius 1 is 1.29 bits per heavy atom. The molecule has 2 nitrogen and oxygen atoms in total. The van der Waals surface area contributed by atoms with E-state index in [9.17, 15) is 0 Å². The molecule has 2 atom stereocenters. The van der Waals surface area contributed by atoms with Crippen LogP contribution in [0.4, 0.5) is 0 Å². The van der Waals surface area contributed by atoms with Crippen LogP contribution in [-0.4, -0.2) is 35.6 Å². The van der Waals surface area contributed by atoms with Crippen molar-refractivity contribution >= 4 is 0 Å². The fourth-order valence-corrected chi connectivity index (χ4v) is 2.92. The molecule has 1 N–H and O–H groups in total. The van der Waals surface area contributed by atoms with Crippen LogP contribution >= 0.6 is 0 Å². The predicted molar refractivity (Wildman–Crippen MR) is 76.5 cm³/mol. The summed E-state index contributed by atoms with van der Waals surface area (Å²) in [7, 11) is 0. The first-order valence-corrected chi connectivity index (χ1v) is 7.48. The van der Waals surface area contributed by atoms with E-state index in [4.69, 9.17) is 0 Å². The number of nitrogens with zero attached hydrogens (tertiary/aromatic N) is 1. The highest BCUT2D eigenvalue weighted by atomic mass is 15.2. The lowest BCUT2D eigenvalue weighted by Gasteiger charge is -2.35. The maximum absolute atomic E-state index is 3.69. The van der Waals surface area contributed by atoms with Crippen LogP contribution < -0.4 is 5.32 Å². The van der Waals surface area contributed by atoms with Crippen LogP contribution in [-0.2, 0) is 0 Å². The number of hydrogen-bond acceptors (Lipinski definition) is 2. The molecule has 0 amide bonds. The van der Waals surface area contributed by atoms with E-state index in [0.29, 0.717) is 0 Å². The van der Waals surface area contributed by atoms with Crippen molar-refractivity contribution in [1.82, 2.24) is 10.2 Å². The molecule has 0 aromatic rings. The third-order valence-electron chi connectivity index (χ3n) is 3.85. The lowest BCUT2D eigenvalue weighted by molar-refractivity contribution is 0.155. The molecule has 2 unspecified atom stereocenters. The highest BCUT2D eigenvalue weighted by Crippen LogP contribution is 2.24. The minimum Gasteiger partial charge on any atom is -0.311 e. The van der Waals surface area contributed by atoms with Gasteiger partial charge in [-0.25, -0.2) is 0 Å². The molecule has 0 bridgehead atoms. The Morgan fingerprint density at radius 2 is 2.00 bits per heavy atom. The third kappa shape index (κ3) is 4.97. The van der Waals surface area contributed by atoms with E-state index >= 15 is 0 Å². The number of hydrogen-bond donors (Lipinski definition) is 1. The zero-order chi connectivity index (χ0) is 12.9. The fourth-order valence-electron chi connectivity index (χ4n) is 2.92. The van der Waals surface area contributed by atoms with Gasteiger partial charge in [-0.2, -0.15) is 0 Å². The summed E-state index contributed by atoms with van der Waals surface area (Å²) in [5, 5.41) is 3.69. The molecule has 1 heterocycles. The minimum atomic E-state index is 0.243. The van der Waals surface area contributed by atoms with Gasteiger partial charge in [-0.3, -0.25) is 4.90 Å². The van der Waals surface area contributed by atoms with E-state index in [-0.39, 0.29) is 5.54 Å². The molecule has 1 fully saturated rings. The first-order chi connectivity index (χ1) is 7.98. The maximum Gasteiger partial charge on any atom is 0.0223 e. The van der Waals surface area contributed by atoms with Gasteiger partial charge in [0.15, 0.2) is 0 Å². The van der Waals surface area contributed by atoms with E-state index in [1.807, 2.05) is 0 Å². The van der Waals surface area contributed by atoms with Gasteiger partial charge >= 0.3 is 0 Å². The molecule has 0 saturated carbocycles. The molecule has 1 rings (SSSR count). The van der Waals surface area contributed by atoms with Gasteiger partial charge in [0.2, 0.25) is 0 Å². The van der Waals surface area contributed by atoms with Crippen LogP contribution in [0.5, 0.6) is 0 Å². The van der Waals surface area contributed by atoms with Gasteiger partial charge in [-0.05, 0) is 53.0 Å². The summed E-state index contributed by atoms with van der Waals surface area (Å²) in [6.45, 7) is 13.9. The average molecular weight is 240 g/mol. The van der Waals surface area contributed by atoms with Crippen LogP contribution in [0.25, 0.3) is 0 Å². The monoisotopic (exact) mass is 240 g/mol. The lowest BCUT2D eigenvalue weighted by atomic mass is 10.0. The second kappa shape index (κ2) is 6.75. The van der Waals surface area contributed by atoms with E-state index in [1.165, 1.54) is 38.6 Å². The van der Waals surface area contributed by atoms with Crippen LogP contribution in [0.15, 0.2) is 0 Å². The van der Waals surface area contributed by atoms with Crippen molar-refractivity contribution in [3.8, 4) is 0 Å². The topological polar surface area (TPSA) is 15.3 Å². The molecule has 102 valence electrons. The molecule has 1 saturated heterocycles. The number of likely N-dealkylation sites (tertiary alicyclic amines) is 1. The van der Waals surface area contributed by atoms with E-state index in [0.717, 1.165) is 18.6 Å². The van der Waals surface area contributed by atoms with Gasteiger partial charge in [0.25, 0.3) is 0 Å². The van der Waals surface area contributed by atoms with Crippen molar-refractivity contribution in [2.45, 2.75) is 84.3 Å². The smallest absolute Gasteiger partial charge is 0.0223 e. The molecule has 1 aliphatic heterocycles. The summed E-state index contributed by atoms with van der Waals surface area (Å²) < 4.78 is 0. The normalized spacial score (nSPS) is 24.2. The van der Waals surface area contributed by atoms with Crippen molar-refractivity contribution in [3.63, 3.8) is 0 Å².